The molecule has 1 aromatic carbocycles. The first-order valence-electron chi connectivity index (χ1n) is 9.23. The maximum absolute atomic E-state index is 13.4. The quantitative estimate of drug-likeness (QED) is 0.408. The summed E-state index contributed by atoms with van der Waals surface area (Å²) in [4.78, 5) is 20.9. The summed E-state index contributed by atoms with van der Waals surface area (Å²) in [6.07, 6.45) is 8.68. The smallest absolute Gasteiger partial charge is 0.306 e. The number of benzene rings is 1. The molecule has 0 bridgehead atoms. The second-order valence-corrected chi connectivity index (χ2v) is 6.73. The zero-order chi connectivity index (χ0) is 21.1. The zero-order valence-corrected chi connectivity index (χ0v) is 16.5. The third kappa shape index (κ3) is 4.02. The van der Waals surface area contributed by atoms with Crippen molar-refractivity contribution in [2.24, 2.45) is 5.10 Å². The van der Waals surface area contributed by atoms with Gasteiger partial charge in [-0.2, -0.15) is 5.10 Å². The fourth-order valence-electron chi connectivity index (χ4n) is 2.92. The predicted molar refractivity (Wildman–Crippen MR) is 114 cm³/mol. The highest BCUT2D eigenvalue weighted by Crippen LogP contribution is 2.19. The summed E-state index contributed by atoms with van der Waals surface area (Å²) in [7, 11) is 1.52. The lowest BCUT2D eigenvalue weighted by molar-refractivity contribution is 0.224. The molecule has 30 heavy (non-hydrogen) atoms. The summed E-state index contributed by atoms with van der Waals surface area (Å²) in [6.45, 7) is 1.79. The molecule has 0 aliphatic heterocycles. The van der Waals surface area contributed by atoms with E-state index in [1.807, 2.05) is 34.9 Å². The minimum Gasteiger partial charge on any atom is -0.306 e. The molecule has 0 aliphatic rings. The van der Waals surface area contributed by atoms with Crippen molar-refractivity contribution in [2.75, 3.05) is 12.4 Å². The molecule has 0 aliphatic carbocycles. The SMILES string of the molecule is Cc1ccc(F)cc1NC(=O)N(C)/N=C/c1cnc2ccc(-c3cccnc3)cn12. The molecule has 150 valence electrons. The first-order valence-corrected chi connectivity index (χ1v) is 9.23. The van der Waals surface area contributed by atoms with Crippen LogP contribution in [0.4, 0.5) is 14.9 Å². The zero-order valence-electron chi connectivity index (χ0n) is 16.5. The molecule has 7 nitrogen and oxygen atoms in total. The molecule has 3 heterocycles. The Morgan fingerprint density at radius 1 is 1.20 bits per heavy atom. The normalized spacial score (nSPS) is 11.2. The van der Waals surface area contributed by atoms with Gasteiger partial charge in [0.05, 0.1) is 18.1 Å². The number of aryl methyl sites for hydroxylation is 1. The summed E-state index contributed by atoms with van der Waals surface area (Å²) >= 11 is 0. The Balaban J connectivity index is 1.54. The van der Waals surface area contributed by atoms with Crippen LogP contribution in [-0.2, 0) is 0 Å². The lowest BCUT2D eigenvalue weighted by atomic mass is 10.1. The van der Waals surface area contributed by atoms with E-state index in [4.69, 9.17) is 0 Å². The second-order valence-electron chi connectivity index (χ2n) is 6.73. The number of nitrogens with zero attached hydrogens (tertiary/aromatic N) is 5. The Bertz CT molecular complexity index is 1240. The molecular weight excluding hydrogens is 383 g/mol. The van der Waals surface area contributed by atoms with Gasteiger partial charge in [-0.1, -0.05) is 12.1 Å². The van der Waals surface area contributed by atoms with E-state index in [9.17, 15) is 9.18 Å². The summed E-state index contributed by atoms with van der Waals surface area (Å²) in [6, 6.07) is 11.5. The molecule has 8 heteroatoms. The number of urea groups is 1. The maximum Gasteiger partial charge on any atom is 0.341 e. The van der Waals surface area contributed by atoms with Crippen LogP contribution >= 0.6 is 0 Å². The number of hydrogen-bond donors (Lipinski definition) is 1. The first-order chi connectivity index (χ1) is 14.5. The van der Waals surface area contributed by atoms with Gasteiger partial charge in [0.1, 0.15) is 11.5 Å². The van der Waals surface area contributed by atoms with E-state index in [0.717, 1.165) is 27.3 Å². The number of rotatable bonds is 4. The van der Waals surface area contributed by atoms with Crippen LogP contribution in [0.1, 0.15) is 11.3 Å². The number of hydrogen-bond acceptors (Lipinski definition) is 4. The van der Waals surface area contributed by atoms with E-state index >= 15 is 0 Å². The van der Waals surface area contributed by atoms with Crippen LogP contribution < -0.4 is 5.32 Å². The Morgan fingerprint density at radius 3 is 2.87 bits per heavy atom. The Labute approximate surface area is 172 Å². The standard InChI is InChI=1S/C22H19FN6O/c1-15-5-7-18(23)10-20(15)27-22(30)28(2)26-13-19-12-25-21-8-6-17(14-29(19)21)16-4-3-9-24-11-16/h3-14H,1-2H3,(H,27,30)/b26-13+. The molecule has 0 atom stereocenters. The van der Waals surface area contributed by atoms with E-state index in [2.05, 4.69) is 20.4 Å². The van der Waals surface area contributed by atoms with Crippen LogP contribution in [0.2, 0.25) is 0 Å². The number of carbonyl (C=O) groups excluding carboxylic acids is 1. The van der Waals surface area contributed by atoms with E-state index in [0.29, 0.717) is 11.4 Å². The molecule has 0 fully saturated rings. The monoisotopic (exact) mass is 402 g/mol. The topological polar surface area (TPSA) is 74.9 Å². The average Bonchev–Trinajstić information content (AvgIpc) is 3.17. The average molecular weight is 402 g/mol. The predicted octanol–water partition coefficient (Wildman–Crippen LogP) is 4.34. The molecule has 0 saturated carbocycles. The number of fused-ring (bicyclic) bond motifs is 1. The molecule has 0 spiro atoms. The first kappa shape index (κ1) is 19.3. The Hall–Kier alpha value is -4.07. The van der Waals surface area contributed by atoms with Crippen molar-refractivity contribution >= 4 is 23.6 Å². The van der Waals surface area contributed by atoms with Gasteiger partial charge in [-0.3, -0.25) is 9.38 Å². The largest absolute Gasteiger partial charge is 0.341 e. The summed E-state index contributed by atoms with van der Waals surface area (Å²) in [5, 5.41) is 8.00. The molecule has 1 N–H and O–H groups in total. The fourth-order valence-corrected chi connectivity index (χ4v) is 2.92. The third-order valence-electron chi connectivity index (χ3n) is 4.63. The highest BCUT2D eigenvalue weighted by atomic mass is 19.1. The van der Waals surface area contributed by atoms with Crippen molar-refractivity contribution in [1.29, 1.82) is 0 Å². The van der Waals surface area contributed by atoms with Crippen molar-refractivity contribution in [2.45, 2.75) is 6.92 Å². The second kappa shape index (κ2) is 8.12. The van der Waals surface area contributed by atoms with Crippen molar-refractivity contribution in [3.05, 3.63) is 84.3 Å². The minimum atomic E-state index is -0.482. The van der Waals surface area contributed by atoms with Crippen molar-refractivity contribution in [3.8, 4) is 11.1 Å². The van der Waals surface area contributed by atoms with Gasteiger partial charge in [-0.25, -0.2) is 19.2 Å². The van der Waals surface area contributed by atoms with E-state index in [-0.39, 0.29) is 0 Å². The van der Waals surface area contributed by atoms with Gasteiger partial charge in [0.2, 0.25) is 0 Å². The number of imidazole rings is 1. The molecule has 4 rings (SSSR count). The van der Waals surface area contributed by atoms with Crippen LogP contribution in [-0.4, -0.2) is 38.7 Å². The van der Waals surface area contributed by atoms with Gasteiger partial charge < -0.3 is 5.32 Å². The van der Waals surface area contributed by atoms with Crippen LogP contribution in [0.15, 0.2) is 72.4 Å². The van der Waals surface area contributed by atoms with Crippen molar-refractivity contribution in [3.63, 3.8) is 0 Å². The van der Waals surface area contributed by atoms with Gasteiger partial charge in [0.15, 0.2) is 0 Å². The lowest BCUT2D eigenvalue weighted by Crippen LogP contribution is -2.27. The third-order valence-corrected chi connectivity index (χ3v) is 4.63. The van der Waals surface area contributed by atoms with Gasteiger partial charge in [-0.15, -0.1) is 0 Å². The summed E-state index contributed by atoms with van der Waals surface area (Å²) in [5.74, 6) is -0.419. The number of anilines is 1. The Kier molecular flexibility index (Phi) is 5.21. The molecule has 0 radical (unpaired) electrons. The molecule has 0 saturated heterocycles. The number of aromatic nitrogens is 3. The van der Waals surface area contributed by atoms with E-state index < -0.39 is 11.8 Å². The Morgan fingerprint density at radius 2 is 2.07 bits per heavy atom. The van der Waals surface area contributed by atoms with Gasteiger partial charge in [0, 0.05) is 42.5 Å². The molecule has 0 unspecified atom stereocenters. The maximum atomic E-state index is 13.4. The van der Waals surface area contributed by atoms with Crippen LogP contribution in [0.5, 0.6) is 0 Å². The van der Waals surface area contributed by atoms with E-state index in [1.165, 1.54) is 19.2 Å². The van der Waals surface area contributed by atoms with Gasteiger partial charge in [-0.05, 0) is 42.8 Å². The van der Waals surface area contributed by atoms with Crippen LogP contribution in [0.3, 0.4) is 0 Å². The highest BCUT2D eigenvalue weighted by molar-refractivity contribution is 5.91. The lowest BCUT2D eigenvalue weighted by Gasteiger charge is -2.14. The van der Waals surface area contributed by atoms with Crippen LogP contribution in [0.25, 0.3) is 16.8 Å². The number of halogens is 1. The van der Waals surface area contributed by atoms with Crippen LogP contribution in [0, 0.1) is 12.7 Å². The molecular formula is C22H19FN6O. The molecule has 3 aromatic heterocycles. The van der Waals surface area contributed by atoms with Gasteiger partial charge in [0.25, 0.3) is 0 Å². The van der Waals surface area contributed by atoms with Gasteiger partial charge >= 0.3 is 6.03 Å². The number of pyridine rings is 2. The molecule has 2 amide bonds. The number of nitrogens with one attached hydrogen (secondary N) is 1. The number of hydrazone groups is 1. The summed E-state index contributed by atoms with van der Waals surface area (Å²) in [5.41, 5.74) is 4.59. The fraction of sp³-hybridized carbons (Fsp3) is 0.0909. The summed E-state index contributed by atoms with van der Waals surface area (Å²) < 4.78 is 15.3. The van der Waals surface area contributed by atoms with Crippen molar-refractivity contribution in [1.82, 2.24) is 19.4 Å². The highest BCUT2D eigenvalue weighted by Gasteiger charge is 2.10. The van der Waals surface area contributed by atoms with E-state index in [1.54, 1.807) is 37.8 Å². The minimum absolute atomic E-state index is 0.401. The number of carbonyl (C=O) groups is 1. The van der Waals surface area contributed by atoms with Crippen molar-refractivity contribution < 1.29 is 9.18 Å². The number of amides is 2. The molecule has 4 aromatic rings.